The third-order valence-corrected chi connectivity index (χ3v) is 6.09. The Bertz CT molecular complexity index is 1000. The maximum Gasteiger partial charge on any atom is 0.0720 e. The van der Waals surface area contributed by atoms with E-state index in [4.69, 9.17) is 21.3 Å². The molecule has 28 heavy (non-hydrogen) atoms. The van der Waals surface area contributed by atoms with Crippen LogP contribution in [0, 0.1) is 0 Å². The van der Waals surface area contributed by atoms with Gasteiger partial charge in [0.2, 0.25) is 0 Å². The summed E-state index contributed by atoms with van der Waals surface area (Å²) >= 11 is 6.47. The summed E-state index contributed by atoms with van der Waals surface area (Å²) in [5.74, 6) is 0. The first-order valence-corrected chi connectivity index (χ1v) is 10.4. The highest BCUT2D eigenvalue weighted by molar-refractivity contribution is 6.35. The number of nitrogens with zero attached hydrogens (tertiary/aromatic N) is 3. The molecule has 5 rings (SSSR count). The molecule has 4 nitrogen and oxygen atoms in total. The van der Waals surface area contributed by atoms with Gasteiger partial charge in [-0.05, 0) is 29.3 Å². The van der Waals surface area contributed by atoms with E-state index in [0.29, 0.717) is 0 Å². The van der Waals surface area contributed by atoms with Crippen LogP contribution in [0.25, 0.3) is 10.9 Å². The average molecular weight is 394 g/mol. The molecule has 2 aliphatic rings. The molecular weight excluding hydrogens is 370 g/mol. The Kier molecular flexibility index (Phi) is 4.93. The zero-order chi connectivity index (χ0) is 18.9. The number of para-hydroxylation sites is 1. The van der Waals surface area contributed by atoms with Gasteiger partial charge in [-0.1, -0.05) is 41.9 Å². The quantitative estimate of drug-likeness (QED) is 0.661. The molecule has 5 heteroatoms. The fourth-order valence-electron chi connectivity index (χ4n) is 4.32. The van der Waals surface area contributed by atoms with Gasteiger partial charge in [-0.2, -0.15) is 0 Å². The van der Waals surface area contributed by atoms with Gasteiger partial charge < -0.3 is 9.64 Å². The molecule has 144 valence electrons. The highest BCUT2D eigenvalue weighted by atomic mass is 35.5. The minimum Gasteiger partial charge on any atom is -0.378 e. The molecule has 0 spiro atoms. The predicted octanol–water partition coefficient (Wildman–Crippen LogP) is 4.28. The minimum atomic E-state index is 0.792. The predicted molar refractivity (Wildman–Crippen MR) is 114 cm³/mol. The number of anilines is 1. The first-order valence-electron chi connectivity index (χ1n) is 9.98. The molecule has 1 aromatic heterocycles. The monoisotopic (exact) mass is 393 g/mol. The molecule has 0 N–H and O–H groups in total. The molecule has 2 aliphatic heterocycles. The molecule has 1 fully saturated rings. The Morgan fingerprint density at radius 2 is 1.86 bits per heavy atom. The Hall–Kier alpha value is -2.14. The maximum atomic E-state index is 6.47. The van der Waals surface area contributed by atoms with Crippen molar-refractivity contribution in [2.75, 3.05) is 37.7 Å². The van der Waals surface area contributed by atoms with Gasteiger partial charge in [0.25, 0.3) is 0 Å². The minimum absolute atomic E-state index is 0.792. The van der Waals surface area contributed by atoms with Crippen molar-refractivity contribution in [1.82, 2.24) is 9.88 Å². The van der Waals surface area contributed by atoms with E-state index in [1.54, 1.807) is 0 Å². The van der Waals surface area contributed by atoms with E-state index in [2.05, 4.69) is 28.0 Å². The molecule has 2 aromatic carbocycles. The van der Waals surface area contributed by atoms with Crippen LogP contribution in [-0.4, -0.2) is 42.7 Å². The summed E-state index contributed by atoms with van der Waals surface area (Å²) in [6, 6.07) is 16.8. The lowest BCUT2D eigenvalue weighted by molar-refractivity contribution is 0.122. The standard InChI is InChI=1S/C23H24ClN3O/c24-21-14-18(25-22-6-2-1-5-19(21)22)8-9-26-15-17-4-3-7-23(20(17)16-26)27-10-12-28-13-11-27/h1-7,14H,8-13,15-16H2. The van der Waals surface area contributed by atoms with Gasteiger partial charge in [0.1, 0.15) is 0 Å². The number of aromatic nitrogens is 1. The molecule has 1 saturated heterocycles. The number of morpholine rings is 1. The second-order valence-corrected chi connectivity index (χ2v) is 7.99. The van der Waals surface area contributed by atoms with Crippen molar-refractivity contribution in [2.45, 2.75) is 19.5 Å². The highest BCUT2D eigenvalue weighted by Gasteiger charge is 2.24. The lowest BCUT2D eigenvalue weighted by atomic mass is 10.1. The summed E-state index contributed by atoms with van der Waals surface area (Å²) in [7, 11) is 0. The van der Waals surface area contributed by atoms with Crippen LogP contribution in [-0.2, 0) is 24.2 Å². The van der Waals surface area contributed by atoms with E-state index in [1.165, 1.54) is 16.8 Å². The number of pyridine rings is 1. The van der Waals surface area contributed by atoms with Crippen LogP contribution in [0.5, 0.6) is 0 Å². The van der Waals surface area contributed by atoms with E-state index < -0.39 is 0 Å². The van der Waals surface area contributed by atoms with Crippen molar-refractivity contribution in [3.63, 3.8) is 0 Å². The topological polar surface area (TPSA) is 28.6 Å². The lowest BCUT2D eigenvalue weighted by Gasteiger charge is -2.30. The number of fused-ring (bicyclic) bond motifs is 2. The van der Waals surface area contributed by atoms with Crippen LogP contribution in [0.3, 0.4) is 0 Å². The molecular formula is C23H24ClN3O. The van der Waals surface area contributed by atoms with Gasteiger partial charge in [-0.15, -0.1) is 0 Å². The van der Waals surface area contributed by atoms with E-state index in [9.17, 15) is 0 Å². The molecule has 3 heterocycles. The van der Waals surface area contributed by atoms with Crippen LogP contribution in [0.1, 0.15) is 16.8 Å². The van der Waals surface area contributed by atoms with Gasteiger partial charge in [0.15, 0.2) is 0 Å². The first kappa shape index (κ1) is 17.9. The zero-order valence-electron chi connectivity index (χ0n) is 15.9. The van der Waals surface area contributed by atoms with Crippen molar-refractivity contribution in [3.05, 3.63) is 70.4 Å². The second kappa shape index (κ2) is 7.70. The van der Waals surface area contributed by atoms with Gasteiger partial charge in [-0.25, -0.2) is 0 Å². The number of ether oxygens (including phenoxy) is 1. The molecule has 0 bridgehead atoms. The van der Waals surface area contributed by atoms with Crippen molar-refractivity contribution >= 4 is 28.2 Å². The Balaban J connectivity index is 1.30. The molecule has 0 radical (unpaired) electrons. The molecule has 0 amide bonds. The average Bonchev–Trinajstić information content (AvgIpc) is 3.16. The smallest absolute Gasteiger partial charge is 0.0720 e. The Morgan fingerprint density at radius 1 is 1.00 bits per heavy atom. The SMILES string of the molecule is Clc1cc(CCN2Cc3cccc(N4CCOCC4)c3C2)nc2ccccc12. The van der Waals surface area contributed by atoms with Gasteiger partial charge in [0, 0.05) is 55.9 Å². The summed E-state index contributed by atoms with van der Waals surface area (Å²) < 4.78 is 5.52. The molecule has 0 saturated carbocycles. The normalized spacial score (nSPS) is 17.2. The fraction of sp³-hybridized carbons (Fsp3) is 0.348. The number of hydrogen-bond acceptors (Lipinski definition) is 4. The van der Waals surface area contributed by atoms with Crippen molar-refractivity contribution in [3.8, 4) is 0 Å². The Morgan fingerprint density at radius 3 is 2.75 bits per heavy atom. The number of halogens is 1. The molecule has 0 unspecified atom stereocenters. The van der Waals surface area contributed by atoms with E-state index >= 15 is 0 Å². The van der Waals surface area contributed by atoms with Crippen molar-refractivity contribution in [2.24, 2.45) is 0 Å². The highest BCUT2D eigenvalue weighted by Crippen LogP contribution is 2.32. The van der Waals surface area contributed by atoms with Gasteiger partial charge in [-0.3, -0.25) is 9.88 Å². The second-order valence-electron chi connectivity index (χ2n) is 7.59. The molecule has 0 atom stereocenters. The van der Waals surface area contributed by atoms with Crippen LogP contribution < -0.4 is 4.90 Å². The fourth-order valence-corrected chi connectivity index (χ4v) is 4.60. The summed E-state index contributed by atoms with van der Waals surface area (Å²) in [5, 5.41) is 1.82. The first-order chi connectivity index (χ1) is 13.8. The van der Waals surface area contributed by atoms with Crippen LogP contribution in [0.2, 0.25) is 5.02 Å². The Labute approximate surface area is 170 Å². The zero-order valence-corrected chi connectivity index (χ0v) is 16.7. The summed E-state index contributed by atoms with van der Waals surface area (Å²) in [6.07, 6.45) is 0.908. The molecule has 0 aliphatic carbocycles. The van der Waals surface area contributed by atoms with Crippen molar-refractivity contribution in [1.29, 1.82) is 0 Å². The lowest BCUT2D eigenvalue weighted by Crippen LogP contribution is -2.36. The molecule has 3 aromatic rings. The number of rotatable bonds is 4. The van der Waals surface area contributed by atoms with Gasteiger partial charge >= 0.3 is 0 Å². The third kappa shape index (κ3) is 3.48. The largest absolute Gasteiger partial charge is 0.378 e. The van der Waals surface area contributed by atoms with Crippen LogP contribution >= 0.6 is 11.6 Å². The van der Waals surface area contributed by atoms with Crippen LogP contribution in [0.15, 0.2) is 48.5 Å². The van der Waals surface area contributed by atoms with E-state index in [0.717, 1.165) is 74.0 Å². The summed E-state index contributed by atoms with van der Waals surface area (Å²) in [4.78, 5) is 9.79. The van der Waals surface area contributed by atoms with Crippen molar-refractivity contribution < 1.29 is 4.74 Å². The number of benzene rings is 2. The third-order valence-electron chi connectivity index (χ3n) is 5.78. The summed E-state index contributed by atoms with van der Waals surface area (Å²) in [5.41, 5.74) is 6.36. The van der Waals surface area contributed by atoms with Gasteiger partial charge in [0.05, 0.1) is 23.8 Å². The maximum absolute atomic E-state index is 6.47. The van der Waals surface area contributed by atoms with Crippen LogP contribution in [0.4, 0.5) is 5.69 Å². The van der Waals surface area contributed by atoms with E-state index in [1.807, 2.05) is 30.3 Å². The summed E-state index contributed by atoms with van der Waals surface area (Å²) in [6.45, 7) is 6.60. The number of hydrogen-bond donors (Lipinski definition) is 0. The van der Waals surface area contributed by atoms with E-state index in [-0.39, 0.29) is 0 Å².